The zero-order chi connectivity index (χ0) is 14.2. The van der Waals surface area contributed by atoms with Crippen molar-refractivity contribution < 1.29 is 13.6 Å². The Morgan fingerprint density at radius 1 is 1.00 bits per heavy atom. The fourth-order valence-corrected chi connectivity index (χ4v) is 1.92. The fraction of sp³-hybridized carbons (Fsp3) is 0.133. The molecule has 2 rings (SSSR count). The monoisotopic (exact) mass is 261 g/mol. The van der Waals surface area contributed by atoms with E-state index in [0.717, 1.165) is 17.7 Å². The van der Waals surface area contributed by atoms with Crippen molar-refractivity contribution in [2.45, 2.75) is 13.8 Å². The Bertz CT molecular complexity index is 645. The van der Waals surface area contributed by atoms with Gasteiger partial charge in [-0.05, 0) is 55.3 Å². The molecule has 0 aromatic heterocycles. The zero-order valence-electron chi connectivity index (χ0n) is 10.6. The summed E-state index contributed by atoms with van der Waals surface area (Å²) in [7, 11) is 0. The first kappa shape index (κ1) is 13.2. The lowest BCUT2D eigenvalue weighted by atomic mass is 9.99. The van der Waals surface area contributed by atoms with E-state index in [1.165, 1.54) is 13.0 Å². The number of anilines is 1. The first-order chi connectivity index (χ1) is 8.88. The third kappa shape index (κ3) is 2.62. The molecular formula is C15H13F2NO. The van der Waals surface area contributed by atoms with Gasteiger partial charge in [-0.1, -0.05) is 0 Å². The summed E-state index contributed by atoms with van der Waals surface area (Å²) in [5.74, 6) is -1.92. The molecule has 0 atom stereocenters. The smallest absolute Gasteiger partial charge is 0.196 e. The lowest BCUT2D eigenvalue weighted by Crippen LogP contribution is -2.07. The van der Waals surface area contributed by atoms with Crippen LogP contribution in [0.1, 0.15) is 27.0 Å². The molecule has 2 aromatic rings. The minimum atomic E-state index is -0.732. The Balaban J connectivity index is 2.53. The van der Waals surface area contributed by atoms with Gasteiger partial charge in [0.25, 0.3) is 0 Å². The Hall–Kier alpha value is -2.23. The molecular weight excluding hydrogens is 248 g/mol. The van der Waals surface area contributed by atoms with Gasteiger partial charge in [0.1, 0.15) is 11.6 Å². The van der Waals surface area contributed by atoms with E-state index in [1.54, 1.807) is 19.1 Å². The summed E-state index contributed by atoms with van der Waals surface area (Å²) in [5, 5.41) is 0. The Morgan fingerprint density at radius 3 is 2.32 bits per heavy atom. The predicted molar refractivity (Wildman–Crippen MR) is 70.1 cm³/mol. The van der Waals surface area contributed by atoms with Crippen molar-refractivity contribution in [2.75, 3.05) is 5.73 Å². The average Bonchev–Trinajstić information content (AvgIpc) is 2.31. The van der Waals surface area contributed by atoms with E-state index in [2.05, 4.69) is 0 Å². The van der Waals surface area contributed by atoms with Crippen LogP contribution in [0.3, 0.4) is 0 Å². The zero-order valence-corrected chi connectivity index (χ0v) is 10.6. The molecule has 0 aliphatic rings. The minimum Gasteiger partial charge on any atom is -0.399 e. The second-order valence-electron chi connectivity index (χ2n) is 4.54. The van der Waals surface area contributed by atoms with Gasteiger partial charge < -0.3 is 5.73 Å². The molecule has 0 saturated carbocycles. The number of hydrogen-bond acceptors (Lipinski definition) is 2. The molecule has 0 radical (unpaired) electrons. The molecule has 0 fully saturated rings. The summed E-state index contributed by atoms with van der Waals surface area (Å²) in [6, 6.07) is 6.68. The van der Waals surface area contributed by atoms with Crippen molar-refractivity contribution >= 4 is 11.5 Å². The Labute approximate surface area is 109 Å². The molecule has 0 bridgehead atoms. The van der Waals surface area contributed by atoms with Crippen LogP contribution in [0.25, 0.3) is 0 Å². The van der Waals surface area contributed by atoms with E-state index in [9.17, 15) is 13.6 Å². The van der Waals surface area contributed by atoms with E-state index in [4.69, 9.17) is 5.73 Å². The number of halogens is 2. The second kappa shape index (κ2) is 4.80. The number of benzene rings is 2. The standard InChI is InChI=1S/C15H13F2NO/c1-8-3-10(6-11(18)4-8)15(19)12-7-13(16)9(2)5-14(12)17/h3-7H,18H2,1-2H3. The number of aryl methyl sites for hydroxylation is 2. The topological polar surface area (TPSA) is 43.1 Å². The normalized spacial score (nSPS) is 10.5. The largest absolute Gasteiger partial charge is 0.399 e. The SMILES string of the molecule is Cc1cc(N)cc(C(=O)c2cc(F)c(C)cc2F)c1. The molecule has 0 aliphatic heterocycles. The summed E-state index contributed by atoms with van der Waals surface area (Å²) in [4.78, 5) is 12.2. The minimum absolute atomic E-state index is 0.165. The van der Waals surface area contributed by atoms with Crippen molar-refractivity contribution in [3.8, 4) is 0 Å². The average molecular weight is 261 g/mol. The van der Waals surface area contributed by atoms with Crippen molar-refractivity contribution in [3.05, 3.63) is 64.2 Å². The predicted octanol–water partition coefficient (Wildman–Crippen LogP) is 3.39. The van der Waals surface area contributed by atoms with Crippen molar-refractivity contribution in [2.24, 2.45) is 0 Å². The molecule has 2 nitrogen and oxygen atoms in total. The van der Waals surface area contributed by atoms with Gasteiger partial charge in [0.05, 0.1) is 5.56 Å². The molecule has 0 aliphatic carbocycles. The molecule has 98 valence electrons. The summed E-state index contributed by atoms with van der Waals surface area (Å²) in [6.45, 7) is 3.22. The number of carbonyl (C=O) groups is 1. The molecule has 0 spiro atoms. The van der Waals surface area contributed by atoms with E-state index in [-0.39, 0.29) is 16.7 Å². The lowest BCUT2D eigenvalue weighted by molar-refractivity contribution is 0.103. The van der Waals surface area contributed by atoms with Crippen LogP contribution < -0.4 is 5.73 Å². The van der Waals surface area contributed by atoms with Crippen LogP contribution >= 0.6 is 0 Å². The number of ketones is 1. The Kier molecular flexibility index (Phi) is 3.34. The van der Waals surface area contributed by atoms with E-state index >= 15 is 0 Å². The highest BCUT2D eigenvalue weighted by molar-refractivity contribution is 6.09. The van der Waals surface area contributed by atoms with Crippen LogP contribution in [0, 0.1) is 25.5 Å². The van der Waals surface area contributed by atoms with Gasteiger partial charge in [0, 0.05) is 11.3 Å². The third-order valence-electron chi connectivity index (χ3n) is 2.85. The molecule has 0 amide bonds. The number of nitrogen functional groups attached to an aromatic ring is 1. The van der Waals surface area contributed by atoms with Crippen LogP contribution in [-0.4, -0.2) is 5.78 Å². The van der Waals surface area contributed by atoms with Gasteiger partial charge in [0.15, 0.2) is 5.78 Å². The van der Waals surface area contributed by atoms with Gasteiger partial charge >= 0.3 is 0 Å². The second-order valence-corrected chi connectivity index (χ2v) is 4.54. The van der Waals surface area contributed by atoms with Crippen LogP contribution in [0.5, 0.6) is 0 Å². The summed E-state index contributed by atoms with van der Waals surface area (Å²) in [5.41, 5.74) is 6.98. The van der Waals surface area contributed by atoms with Crippen LogP contribution in [0.2, 0.25) is 0 Å². The summed E-state index contributed by atoms with van der Waals surface area (Å²) >= 11 is 0. The Morgan fingerprint density at radius 2 is 1.68 bits per heavy atom. The lowest BCUT2D eigenvalue weighted by Gasteiger charge is -2.07. The highest BCUT2D eigenvalue weighted by atomic mass is 19.1. The number of nitrogens with two attached hydrogens (primary N) is 1. The summed E-state index contributed by atoms with van der Waals surface area (Å²) in [6.07, 6.45) is 0. The molecule has 0 saturated heterocycles. The molecule has 19 heavy (non-hydrogen) atoms. The van der Waals surface area contributed by atoms with Gasteiger partial charge in [-0.15, -0.1) is 0 Å². The maximum Gasteiger partial charge on any atom is 0.196 e. The van der Waals surface area contributed by atoms with Crippen LogP contribution in [0.15, 0.2) is 30.3 Å². The van der Waals surface area contributed by atoms with Crippen molar-refractivity contribution in [3.63, 3.8) is 0 Å². The molecule has 2 N–H and O–H groups in total. The van der Waals surface area contributed by atoms with Gasteiger partial charge in [-0.2, -0.15) is 0 Å². The number of hydrogen-bond donors (Lipinski definition) is 1. The first-order valence-corrected chi connectivity index (χ1v) is 5.76. The highest BCUT2D eigenvalue weighted by Crippen LogP contribution is 2.20. The molecule has 2 aromatic carbocycles. The van der Waals surface area contributed by atoms with Crippen molar-refractivity contribution in [1.29, 1.82) is 0 Å². The first-order valence-electron chi connectivity index (χ1n) is 5.76. The van der Waals surface area contributed by atoms with Gasteiger partial charge in [-0.3, -0.25) is 4.79 Å². The fourth-order valence-electron chi connectivity index (χ4n) is 1.92. The van der Waals surface area contributed by atoms with E-state index < -0.39 is 17.4 Å². The maximum atomic E-state index is 13.7. The molecule has 4 heteroatoms. The maximum absolute atomic E-state index is 13.7. The molecule has 0 unspecified atom stereocenters. The third-order valence-corrected chi connectivity index (χ3v) is 2.85. The quantitative estimate of drug-likeness (QED) is 0.665. The number of carbonyl (C=O) groups excluding carboxylic acids is 1. The summed E-state index contributed by atoms with van der Waals surface area (Å²) < 4.78 is 27.2. The van der Waals surface area contributed by atoms with E-state index in [0.29, 0.717) is 5.69 Å². The van der Waals surface area contributed by atoms with Crippen LogP contribution in [0.4, 0.5) is 14.5 Å². The van der Waals surface area contributed by atoms with Crippen molar-refractivity contribution in [1.82, 2.24) is 0 Å². The highest BCUT2D eigenvalue weighted by Gasteiger charge is 2.17. The molecule has 0 heterocycles. The van der Waals surface area contributed by atoms with Gasteiger partial charge in [0.2, 0.25) is 0 Å². The van der Waals surface area contributed by atoms with E-state index in [1.807, 2.05) is 0 Å². The van der Waals surface area contributed by atoms with Crippen LogP contribution in [-0.2, 0) is 0 Å². The van der Waals surface area contributed by atoms with Gasteiger partial charge in [-0.25, -0.2) is 8.78 Å². The number of rotatable bonds is 2.